The van der Waals surface area contributed by atoms with Crippen LogP contribution in [0.4, 0.5) is 0 Å². The van der Waals surface area contributed by atoms with E-state index in [4.69, 9.17) is 13.9 Å². The molecule has 3 nitrogen and oxygen atoms in total. The molecule has 0 amide bonds. The molecular weight excluding hydrogens is 212 g/mol. The smallest absolute Gasteiger partial charge is 0.304 e. The zero-order chi connectivity index (χ0) is 10.8. The van der Waals surface area contributed by atoms with Gasteiger partial charge in [-0.25, -0.2) is 0 Å². The molecule has 0 saturated heterocycles. The first-order valence-corrected chi connectivity index (χ1v) is 9.57. The Balaban J connectivity index is 4.52. The van der Waals surface area contributed by atoms with Gasteiger partial charge in [-0.05, 0) is 20.8 Å². The van der Waals surface area contributed by atoms with Crippen LogP contribution in [0.3, 0.4) is 0 Å². The number of hydrogen-bond acceptors (Lipinski definition) is 3. The summed E-state index contributed by atoms with van der Waals surface area (Å²) in [5, 5.41) is 0. The summed E-state index contributed by atoms with van der Waals surface area (Å²) in [4.78, 5) is 0. The Morgan fingerprint density at radius 2 is 1.79 bits per heavy atom. The molecule has 0 rings (SSSR count). The Bertz CT molecular complexity index is 184. The van der Waals surface area contributed by atoms with Gasteiger partial charge in [0.05, 0.1) is 19.8 Å². The molecule has 0 saturated carbocycles. The van der Waals surface area contributed by atoms with E-state index in [2.05, 4.69) is 6.58 Å². The van der Waals surface area contributed by atoms with Crippen LogP contribution in [-0.2, 0) is 13.9 Å². The standard InChI is InChI=1S/C9H20O3Si2/c1-5-10-9(11-6-2)14(12-7-3)13-8-4/h8H,4-7,13H2,1-3H3. The van der Waals surface area contributed by atoms with E-state index in [1.807, 2.05) is 26.5 Å². The van der Waals surface area contributed by atoms with Crippen LogP contribution in [0.2, 0.25) is 0 Å². The zero-order valence-corrected chi connectivity index (χ0v) is 11.8. The molecule has 0 radical (unpaired) electrons. The summed E-state index contributed by atoms with van der Waals surface area (Å²) in [5.41, 5.74) is 2.72. The molecule has 0 aromatic rings. The lowest BCUT2D eigenvalue weighted by Crippen LogP contribution is -2.30. The molecule has 5 heteroatoms. The van der Waals surface area contributed by atoms with Gasteiger partial charge in [0, 0.05) is 0 Å². The maximum Gasteiger partial charge on any atom is 0.304 e. The molecule has 0 aromatic carbocycles. The molecule has 0 N–H and O–H groups in total. The summed E-state index contributed by atoms with van der Waals surface area (Å²) in [6.45, 7) is 11.7. The van der Waals surface area contributed by atoms with Gasteiger partial charge in [-0.2, -0.15) is 0 Å². The summed E-state index contributed by atoms with van der Waals surface area (Å²) in [5.74, 6) is 0. The zero-order valence-electron chi connectivity index (χ0n) is 9.34. The Kier molecular flexibility index (Phi) is 8.66. The van der Waals surface area contributed by atoms with Crippen molar-refractivity contribution < 1.29 is 13.9 Å². The molecule has 0 unspecified atom stereocenters. The maximum atomic E-state index is 5.65. The number of rotatable bonds is 8. The van der Waals surface area contributed by atoms with Gasteiger partial charge in [0.2, 0.25) is 0 Å². The van der Waals surface area contributed by atoms with Gasteiger partial charge in [-0.1, -0.05) is 0 Å². The molecule has 0 heterocycles. The van der Waals surface area contributed by atoms with E-state index >= 15 is 0 Å². The minimum absolute atomic E-state index is 0.407. The third-order valence-corrected chi connectivity index (χ3v) is 6.92. The lowest BCUT2D eigenvalue weighted by atomic mass is 10.9. The highest BCUT2D eigenvalue weighted by Crippen LogP contribution is 1.89. The van der Waals surface area contributed by atoms with Gasteiger partial charge >= 0.3 is 8.17 Å². The van der Waals surface area contributed by atoms with Crippen molar-refractivity contribution in [1.82, 2.24) is 0 Å². The first kappa shape index (κ1) is 13.4. The fraction of sp³-hybridized carbons (Fsp3) is 0.667. The molecule has 0 atom stereocenters. The summed E-state index contributed by atoms with van der Waals surface area (Å²) in [7, 11) is -1.42. The van der Waals surface area contributed by atoms with Gasteiger partial charge in [0.1, 0.15) is 9.04 Å². The van der Waals surface area contributed by atoms with Crippen LogP contribution in [0.1, 0.15) is 20.8 Å². The van der Waals surface area contributed by atoms with E-state index in [1.165, 1.54) is 0 Å². The molecule has 14 heavy (non-hydrogen) atoms. The predicted molar refractivity (Wildman–Crippen MR) is 64.4 cm³/mol. The molecule has 0 aliphatic rings. The minimum Gasteiger partial charge on any atom is -0.548 e. The van der Waals surface area contributed by atoms with E-state index in [9.17, 15) is 0 Å². The van der Waals surface area contributed by atoms with E-state index < -0.39 is 17.2 Å². The van der Waals surface area contributed by atoms with Crippen molar-refractivity contribution in [3.63, 3.8) is 0 Å². The van der Waals surface area contributed by atoms with Crippen molar-refractivity contribution in [2.45, 2.75) is 20.8 Å². The van der Waals surface area contributed by atoms with Gasteiger partial charge in [0.25, 0.3) is 5.54 Å². The second-order valence-electron chi connectivity index (χ2n) is 2.50. The van der Waals surface area contributed by atoms with Crippen LogP contribution >= 0.6 is 0 Å². The highest BCUT2D eigenvalue weighted by molar-refractivity contribution is 7.13. The van der Waals surface area contributed by atoms with Crippen LogP contribution in [-0.4, -0.2) is 42.6 Å². The summed E-state index contributed by atoms with van der Waals surface area (Å²) >= 11 is 0. The highest BCUT2D eigenvalue weighted by Gasteiger charge is 2.11. The average Bonchev–Trinajstić information content (AvgIpc) is 2.17. The lowest BCUT2D eigenvalue weighted by molar-refractivity contribution is 0.188. The van der Waals surface area contributed by atoms with E-state index in [1.54, 1.807) is 0 Å². The molecular formula is C9H20O3Si2. The topological polar surface area (TPSA) is 27.7 Å². The third kappa shape index (κ3) is 5.23. The second kappa shape index (κ2) is 9.02. The quantitative estimate of drug-likeness (QED) is 0.573. The highest BCUT2D eigenvalue weighted by atomic mass is 29.2. The normalized spacial score (nSPS) is 9.93. The van der Waals surface area contributed by atoms with Gasteiger partial charge < -0.3 is 13.9 Å². The summed E-state index contributed by atoms with van der Waals surface area (Å²) in [6.07, 6.45) is 0. The van der Waals surface area contributed by atoms with Crippen LogP contribution < -0.4 is 0 Å². The maximum absolute atomic E-state index is 5.65. The summed E-state index contributed by atoms with van der Waals surface area (Å²) < 4.78 is 16.6. The monoisotopic (exact) mass is 232 g/mol. The van der Waals surface area contributed by atoms with Crippen molar-refractivity contribution in [2.24, 2.45) is 0 Å². The molecule has 0 aliphatic carbocycles. The number of ether oxygens (including phenoxy) is 2. The van der Waals surface area contributed by atoms with Gasteiger partial charge in [-0.3, -0.25) is 0 Å². The van der Waals surface area contributed by atoms with Crippen LogP contribution in [0, 0.1) is 0 Å². The first-order chi connectivity index (χ1) is 6.79. The Hall–Kier alpha value is -0.556. The van der Waals surface area contributed by atoms with Crippen LogP contribution in [0.15, 0.2) is 12.3 Å². The Morgan fingerprint density at radius 1 is 1.21 bits per heavy atom. The van der Waals surface area contributed by atoms with Crippen molar-refractivity contribution in [1.29, 1.82) is 0 Å². The molecule has 0 aliphatic heterocycles. The van der Waals surface area contributed by atoms with E-state index in [0.29, 0.717) is 13.2 Å². The molecule has 82 valence electrons. The molecule has 0 bridgehead atoms. The fourth-order valence-corrected chi connectivity index (χ4v) is 5.46. The molecule has 0 spiro atoms. The minimum atomic E-state index is -1.02. The molecule has 0 aromatic heterocycles. The van der Waals surface area contributed by atoms with Crippen LogP contribution in [0.25, 0.3) is 0 Å². The van der Waals surface area contributed by atoms with Gasteiger partial charge in [0.15, 0.2) is 0 Å². The number of hydrogen-bond donors (Lipinski definition) is 0. The average molecular weight is 232 g/mol. The van der Waals surface area contributed by atoms with E-state index in [0.717, 1.165) is 12.1 Å². The van der Waals surface area contributed by atoms with Crippen molar-refractivity contribution in [2.75, 3.05) is 19.8 Å². The largest absolute Gasteiger partial charge is 0.548 e. The van der Waals surface area contributed by atoms with Crippen molar-refractivity contribution >= 4 is 22.7 Å². The Labute approximate surface area is 90.0 Å². The third-order valence-electron chi connectivity index (χ3n) is 1.43. The fourth-order valence-electron chi connectivity index (χ4n) is 0.971. The van der Waals surface area contributed by atoms with Crippen LogP contribution in [0.5, 0.6) is 0 Å². The van der Waals surface area contributed by atoms with Crippen molar-refractivity contribution in [3.05, 3.63) is 12.3 Å². The summed E-state index contributed by atoms with van der Waals surface area (Å²) in [6, 6.07) is 0. The van der Waals surface area contributed by atoms with Crippen molar-refractivity contribution in [3.8, 4) is 0 Å². The first-order valence-electron chi connectivity index (χ1n) is 5.02. The SMILES string of the molecule is C=C[SiH2][Si](OCC)=C(OCC)OCC. The predicted octanol–water partition coefficient (Wildman–Crippen LogP) is 0.566. The lowest BCUT2D eigenvalue weighted by Gasteiger charge is -2.13. The van der Waals surface area contributed by atoms with E-state index in [-0.39, 0.29) is 0 Å². The molecule has 0 fully saturated rings. The van der Waals surface area contributed by atoms with Gasteiger partial charge in [-0.15, -0.1) is 12.3 Å². The Morgan fingerprint density at radius 3 is 2.14 bits per heavy atom. The second-order valence-corrected chi connectivity index (χ2v) is 8.18.